The number of ether oxygens (including phenoxy) is 1. The molecule has 0 bridgehead atoms. The van der Waals surface area contributed by atoms with E-state index in [0.717, 1.165) is 37.1 Å². The molecule has 0 atom stereocenters. The summed E-state index contributed by atoms with van der Waals surface area (Å²) >= 11 is 1.83. The predicted octanol–water partition coefficient (Wildman–Crippen LogP) is 3.58. The number of nitrogens with zero attached hydrogens (tertiary/aromatic N) is 2. The fraction of sp³-hybridized carbons (Fsp3) is 0.737. The molecule has 1 amide bonds. The first-order valence-electron chi connectivity index (χ1n) is 9.48. The van der Waals surface area contributed by atoms with Crippen LogP contribution in [0, 0.1) is 13.8 Å². The van der Waals surface area contributed by atoms with E-state index in [9.17, 15) is 4.79 Å². The lowest BCUT2D eigenvalue weighted by Crippen LogP contribution is -2.40. The van der Waals surface area contributed by atoms with Crippen molar-refractivity contribution in [3.05, 3.63) is 17.5 Å². The molecule has 138 valence electrons. The van der Waals surface area contributed by atoms with Gasteiger partial charge in [-0.1, -0.05) is 12.8 Å². The standard InChI is InChI=1S/C19H29N3O2S/c1-13-11-14(2)21-19(20-13)24-16-9-7-15(8-10-16)22-18(23)12-25-17-5-3-4-6-17/h11,15-17H,3-10,12H2,1-2H3,(H,22,23). The van der Waals surface area contributed by atoms with Gasteiger partial charge >= 0.3 is 6.01 Å². The average molecular weight is 364 g/mol. The molecule has 2 aliphatic carbocycles. The third-order valence-corrected chi connectivity index (χ3v) is 6.40. The van der Waals surface area contributed by atoms with Crippen LogP contribution in [0.5, 0.6) is 6.01 Å². The molecule has 1 N–H and O–H groups in total. The number of thioether (sulfide) groups is 1. The zero-order valence-electron chi connectivity index (χ0n) is 15.3. The van der Waals surface area contributed by atoms with Crippen LogP contribution in [0.4, 0.5) is 0 Å². The van der Waals surface area contributed by atoms with E-state index in [4.69, 9.17) is 4.74 Å². The molecule has 0 spiro atoms. The van der Waals surface area contributed by atoms with Gasteiger partial charge in [0.05, 0.1) is 5.75 Å². The number of carbonyl (C=O) groups excluding carboxylic acids is 1. The zero-order chi connectivity index (χ0) is 17.6. The van der Waals surface area contributed by atoms with E-state index in [-0.39, 0.29) is 18.1 Å². The van der Waals surface area contributed by atoms with Gasteiger partial charge in [0.15, 0.2) is 0 Å². The molecule has 2 fully saturated rings. The minimum absolute atomic E-state index is 0.155. The number of hydrogen-bond acceptors (Lipinski definition) is 5. The Morgan fingerprint density at radius 3 is 2.40 bits per heavy atom. The SMILES string of the molecule is Cc1cc(C)nc(OC2CCC(NC(=O)CSC3CCCC3)CC2)n1. The summed E-state index contributed by atoms with van der Waals surface area (Å²) < 4.78 is 5.95. The molecule has 0 aliphatic heterocycles. The Morgan fingerprint density at radius 1 is 1.12 bits per heavy atom. The van der Waals surface area contributed by atoms with Gasteiger partial charge in [0.25, 0.3) is 0 Å². The van der Waals surface area contributed by atoms with Crippen molar-refractivity contribution in [2.75, 3.05) is 5.75 Å². The summed E-state index contributed by atoms with van der Waals surface area (Å²) in [5.41, 5.74) is 1.87. The van der Waals surface area contributed by atoms with Crippen LogP contribution in [0.2, 0.25) is 0 Å². The molecule has 5 nitrogen and oxygen atoms in total. The fourth-order valence-electron chi connectivity index (χ4n) is 3.74. The maximum Gasteiger partial charge on any atom is 0.317 e. The van der Waals surface area contributed by atoms with Crippen LogP contribution >= 0.6 is 11.8 Å². The Morgan fingerprint density at radius 2 is 1.76 bits per heavy atom. The summed E-state index contributed by atoms with van der Waals surface area (Å²) in [4.78, 5) is 20.8. The van der Waals surface area contributed by atoms with Gasteiger partial charge in [-0.2, -0.15) is 0 Å². The number of hydrogen-bond donors (Lipinski definition) is 1. The predicted molar refractivity (Wildman–Crippen MR) is 101 cm³/mol. The average Bonchev–Trinajstić information content (AvgIpc) is 3.07. The minimum Gasteiger partial charge on any atom is -0.460 e. The lowest BCUT2D eigenvalue weighted by molar-refractivity contribution is -0.119. The molecule has 2 aliphatic rings. The number of aromatic nitrogens is 2. The highest BCUT2D eigenvalue weighted by Gasteiger charge is 2.25. The third kappa shape index (κ3) is 5.87. The van der Waals surface area contributed by atoms with Crippen molar-refractivity contribution in [3.8, 4) is 6.01 Å². The lowest BCUT2D eigenvalue weighted by atomic mass is 9.93. The summed E-state index contributed by atoms with van der Waals surface area (Å²) in [6, 6.07) is 2.72. The van der Waals surface area contributed by atoms with E-state index in [2.05, 4.69) is 15.3 Å². The van der Waals surface area contributed by atoms with Crippen molar-refractivity contribution < 1.29 is 9.53 Å². The highest BCUT2D eigenvalue weighted by molar-refractivity contribution is 8.00. The van der Waals surface area contributed by atoms with Crippen molar-refractivity contribution >= 4 is 17.7 Å². The Bertz CT molecular complexity index is 562. The van der Waals surface area contributed by atoms with Crippen molar-refractivity contribution in [1.29, 1.82) is 0 Å². The molecule has 3 rings (SSSR count). The summed E-state index contributed by atoms with van der Waals surface area (Å²) in [5, 5.41) is 3.90. The molecule has 0 saturated heterocycles. The largest absolute Gasteiger partial charge is 0.460 e. The Hall–Kier alpha value is -1.30. The van der Waals surface area contributed by atoms with Gasteiger partial charge in [-0.05, 0) is 58.4 Å². The van der Waals surface area contributed by atoms with Gasteiger partial charge in [0, 0.05) is 22.7 Å². The van der Waals surface area contributed by atoms with Crippen LogP contribution in [0.25, 0.3) is 0 Å². The monoisotopic (exact) mass is 363 g/mol. The summed E-state index contributed by atoms with van der Waals surface area (Å²) in [6.07, 6.45) is 9.18. The molecule has 2 saturated carbocycles. The Balaban J connectivity index is 1.37. The van der Waals surface area contributed by atoms with E-state index in [1.54, 1.807) is 0 Å². The number of amides is 1. The van der Waals surface area contributed by atoms with E-state index >= 15 is 0 Å². The van der Waals surface area contributed by atoms with Gasteiger partial charge in [-0.3, -0.25) is 4.79 Å². The highest BCUT2D eigenvalue weighted by atomic mass is 32.2. The first kappa shape index (κ1) is 18.5. The minimum atomic E-state index is 0.155. The van der Waals surface area contributed by atoms with Gasteiger partial charge in [-0.15, -0.1) is 11.8 Å². The quantitative estimate of drug-likeness (QED) is 0.837. The summed E-state index contributed by atoms with van der Waals surface area (Å²) in [5.74, 6) is 0.802. The van der Waals surface area contributed by atoms with Crippen LogP contribution < -0.4 is 10.1 Å². The molecule has 0 radical (unpaired) electrons. The van der Waals surface area contributed by atoms with Gasteiger partial charge < -0.3 is 10.1 Å². The van der Waals surface area contributed by atoms with Crippen LogP contribution in [0.1, 0.15) is 62.8 Å². The maximum atomic E-state index is 12.1. The Labute approximate surface area is 154 Å². The van der Waals surface area contributed by atoms with Gasteiger partial charge in [0.2, 0.25) is 5.91 Å². The maximum absolute atomic E-state index is 12.1. The molecule has 0 unspecified atom stereocenters. The van der Waals surface area contributed by atoms with Crippen LogP contribution in [-0.2, 0) is 4.79 Å². The van der Waals surface area contributed by atoms with Crippen molar-refractivity contribution in [2.45, 2.75) is 82.6 Å². The molecule has 6 heteroatoms. The summed E-state index contributed by atoms with van der Waals surface area (Å²) in [7, 11) is 0. The van der Waals surface area contributed by atoms with Crippen LogP contribution in [0.3, 0.4) is 0 Å². The second kappa shape index (κ2) is 8.88. The number of carbonyl (C=O) groups is 1. The molecule has 1 aromatic heterocycles. The second-order valence-corrected chi connectivity index (χ2v) is 8.60. The van der Waals surface area contributed by atoms with Crippen LogP contribution in [-0.4, -0.2) is 39.0 Å². The molecule has 1 aromatic rings. The highest BCUT2D eigenvalue weighted by Crippen LogP contribution is 2.29. The molecular formula is C19H29N3O2S. The van der Waals surface area contributed by atoms with Gasteiger partial charge in [-0.25, -0.2) is 9.97 Å². The van der Waals surface area contributed by atoms with E-state index < -0.39 is 0 Å². The number of aryl methyl sites for hydroxylation is 2. The van der Waals surface area contributed by atoms with E-state index in [1.807, 2.05) is 31.7 Å². The fourth-order valence-corrected chi connectivity index (χ4v) is 4.88. The molecule has 1 heterocycles. The number of rotatable bonds is 6. The van der Waals surface area contributed by atoms with Crippen LogP contribution in [0.15, 0.2) is 6.07 Å². The van der Waals surface area contributed by atoms with Crippen molar-refractivity contribution in [3.63, 3.8) is 0 Å². The molecule has 25 heavy (non-hydrogen) atoms. The zero-order valence-corrected chi connectivity index (χ0v) is 16.1. The molecule has 0 aromatic carbocycles. The van der Waals surface area contributed by atoms with Crippen molar-refractivity contribution in [2.24, 2.45) is 0 Å². The van der Waals surface area contributed by atoms with Crippen molar-refractivity contribution in [1.82, 2.24) is 15.3 Å². The normalized spacial score (nSPS) is 24.2. The smallest absolute Gasteiger partial charge is 0.317 e. The number of nitrogens with one attached hydrogen (secondary N) is 1. The van der Waals surface area contributed by atoms with Gasteiger partial charge in [0.1, 0.15) is 6.10 Å². The second-order valence-electron chi connectivity index (χ2n) is 7.31. The molecular weight excluding hydrogens is 334 g/mol. The Kier molecular flexibility index (Phi) is 6.57. The summed E-state index contributed by atoms with van der Waals surface area (Å²) in [6.45, 7) is 3.91. The van der Waals surface area contributed by atoms with E-state index in [0.29, 0.717) is 17.0 Å². The van der Waals surface area contributed by atoms with E-state index in [1.165, 1.54) is 25.7 Å². The third-order valence-electron chi connectivity index (χ3n) is 5.03. The topological polar surface area (TPSA) is 64.1 Å². The first-order chi connectivity index (χ1) is 12.1. The lowest BCUT2D eigenvalue weighted by Gasteiger charge is -2.29. The first-order valence-corrected chi connectivity index (χ1v) is 10.5.